The van der Waals surface area contributed by atoms with Gasteiger partial charge in [0.1, 0.15) is 5.58 Å². The Kier molecular flexibility index (Phi) is 3.67. The van der Waals surface area contributed by atoms with E-state index in [4.69, 9.17) is 27.6 Å². The van der Waals surface area contributed by atoms with Crippen molar-refractivity contribution >= 4 is 40.0 Å². The van der Waals surface area contributed by atoms with Gasteiger partial charge in [0.15, 0.2) is 5.76 Å². The van der Waals surface area contributed by atoms with E-state index in [2.05, 4.69) is 12.1 Å². The molecule has 0 amide bonds. The monoisotopic (exact) mass is 344 g/mol. The Morgan fingerprint density at radius 3 is 2.43 bits per heavy atom. The van der Waals surface area contributed by atoms with Crippen molar-refractivity contribution in [3.63, 3.8) is 0 Å². The Balaban J connectivity index is 1.78. The number of furan rings is 1. The summed E-state index contributed by atoms with van der Waals surface area (Å²) in [6.45, 7) is 0. The summed E-state index contributed by atoms with van der Waals surface area (Å²) < 4.78 is 5.79. The molecule has 0 spiro atoms. The van der Waals surface area contributed by atoms with Crippen LogP contribution in [0.25, 0.3) is 11.0 Å². The molecular formula is C19H14Cl2O2. The van der Waals surface area contributed by atoms with Gasteiger partial charge in [-0.3, -0.25) is 4.79 Å². The van der Waals surface area contributed by atoms with Crippen LogP contribution in [0.3, 0.4) is 0 Å². The molecular weight excluding hydrogens is 331 g/mol. The summed E-state index contributed by atoms with van der Waals surface area (Å²) in [4.78, 5) is 12.6. The van der Waals surface area contributed by atoms with Crippen molar-refractivity contribution in [3.8, 4) is 0 Å². The summed E-state index contributed by atoms with van der Waals surface area (Å²) >= 11 is 12.0. The van der Waals surface area contributed by atoms with Gasteiger partial charge in [0.2, 0.25) is 5.78 Å². The molecule has 1 heterocycles. The molecule has 0 atom stereocenters. The number of hydrogen-bond donors (Lipinski definition) is 0. The zero-order chi connectivity index (χ0) is 16.0. The molecule has 0 bridgehead atoms. The van der Waals surface area contributed by atoms with Crippen LogP contribution in [-0.2, 0) is 12.8 Å². The molecule has 4 rings (SSSR count). The predicted molar refractivity (Wildman–Crippen MR) is 92.8 cm³/mol. The molecule has 0 saturated carbocycles. The van der Waals surface area contributed by atoms with Crippen LogP contribution in [0.5, 0.6) is 0 Å². The van der Waals surface area contributed by atoms with E-state index in [9.17, 15) is 4.79 Å². The Morgan fingerprint density at radius 2 is 1.70 bits per heavy atom. The van der Waals surface area contributed by atoms with Crippen molar-refractivity contribution in [1.82, 2.24) is 0 Å². The lowest BCUT2D eigenvalue weighted by Crippen LogP contribution is -2.01. The maximum Gasteiger partial charge on any atom is 0.229 e. The van der Waals surface area contributed by atoms with Crippen LogP contribution >= 0.6 is 23.2 Å². The summed E-state index contributed by atoms with van der Waals surface area (Å²) in [7, 11) is 0. The fourth-order valence-corrected chi connectivity index (χ4v) is 3.69. The van der Waals surface area contributed by atoms with Gasteiger partial charge < -0.3 is 4.42 Å². The first-order valence-electron chi connectivity index (χ1n) is 7.67. The number of fused-ring (bicyclic) bond motifs is 2. The lowest BCUT2D eigenvalue weighted by molar-refractivity contribution is 0.101. The van der Waals surface area contributed by atoms with Gasteiger partial charge in [0.25, 0.3) is 0 Å². The fraction of sp³-hybridized carbons (Fsp3) is 0.211. The van der Waals surface area contributed by atoms with E-state index in [1.165, 1.54) is 24.0 Å². The number of halogens is 2. The second-order valence-corrected chi connectivity index (χ2v) is 6.77. The highest BCUT2D eigenvalue weighted by atomic mass is 35.5. The number of ketones is 1. The highest BCUT2D eigenvalue weighted by molar-refractivity contribution is 6.37. The van der Waals surface area contributed by atoms with Crippen molar-refractivity contribution in [2.75, 3.05) is 0 Å². The van der Waals surface area contributed by atoms with Crippen LogP contribution < -0.4 is 0 Å². The maximum absolute atomic E-state index is 12.6. The third-order valence-corrected chi connectivity index (χ3v) is 4.93. The first-order chi connectivity index (χ1) is 11.1. The van der Waals surface area contributed by atoms with Crippen molar-refractivity contribution in [1.29, 1.82) is 0 Å². The Morgan fingerprint density at radius 1 is 0.957 bits per heavy atom. The van der Waals surface area contributed by atoms with Gasteiger partial charge in [-0.15, -0.1) is 0 Å². The zero-order valence-electron chi connectivity index (χ0n) is 12.4. The van der Waals surface area contributed by atoms with Crippen molar-refractivity contribution in [3.05, 3.63) is 68.9 Å². The highest BCUT2D eigenvalue weighted by Gasteiger charge is 2.19. The number of carbonyl (C=O) groups excluding carboxylic acids is 1. The minimum Gasteiger partial charge on any atom is -0.453 e. The Bertz CT molecular complexity index is 882. The molecule has 0 radical (unpaired) electrons. The molecule has 1 aliphatic rings. The molecule has 23 heavy (non-hydrogen) atoms. The van der Waals surface area contributed by atoms with Crippen molar-refractivity contribution < 1.29 is 9.21 Å². The molecule has 4 heteroatoms. The maximum atomic E-state index is 12.6. The lowest BCUT2D eigenvalue weighted by atomic mass is 9.91. The molecule has 0 N–H and O–H groups in total. The molecule has 3 aromatic rings. The fourth-order valence-electron chi connectivity index (χ4n) is 3.19. The van der Waals surface area contributed by atoms with Gasteiger partial charge in [-0.1, -0.05) is 23.2 Å². The molecule has 0 saturated heterocycles. The van der Waals surface area contributed by atoms with E-state index in [-0.39, 0.29) is 5.78 Å². The number of benzene rings is 2. The number of aryl methyl sites for hydroxylation is 2. The largest absolute Gasteiger partial charge is 0.453 e. The normalized spacial score (nSPS) is 14.0. The first-order valence-corrected chi connectivity index (χ1v) is 8.42. The number of carbonyl (C=O) groups is 1. The smallest absolute Gasteiger partial charge is 0.229 e. The van der Waals surface area contributed by atoms with Crippen LogP contribution in [0.2, 0.25) is 10.0 Å². The number of hydrogen-bond acceptors (Lipinski definition) is 2. The topological polar surface area (TPSA) is 30.2 Å². The lowest BCUT2D eigenvalue weighted by Gasteiger charge is -2.14. The minimum atomic E-state index is -0.221. The standard InChI is InChI=1S/C19H14Cl2O2/c20-14-5-6-15(16(21)10-14)19(22)18-9-13-7-11-3-1-2-4-12(11)8-17(13)23-18/h5-10H,1-4H2. The van der Waals surface area contributed by atoms with Gasteiger partial charge in [-0.25, -0.2) is 0 Å². The number of rotatable bonds is 2. The molecule has 1 aliphatic carbocycles. The van der Waals surface area contributed by atoms with Gasteiger partial charge in [-0.2, -0.15) is 0 Å². The molecule has 116 valence electrons. The van der Waals surface area contributed by atoms with E-state index >= 15 is 0 Å². The van der Waals surface area contributed by atoms with Gasteiger partial charge >= 0.3 is 0 Å². The second kappa shape index (κ2) is 5.70. The molecule has 1 aromatic heterocycles. The van der Waals surface area contributed by atoms with E-state index in [0.29, 0.717) is 21.4 Å². The third kappa shape index (κ3) is 2.66. The van der Waals surface area contributed by atoms with Crippen LogP contribution in [-0.4, -0.2) is 5.78 Å². The molecule has 0 unspecified atom stereocenters. The van der Waals surface area contributed by atoms with Crippen LogP contribution in [0.4, 0.5) is 0 Å². The van der Waals surface area contributed by atoms with Crippen molar-refractivity contribution in [2.45, 2.75) is 25.7 Å². The van der Waals surface area contributed by atoms with E-state index < -0.39 is 0 Å². The Labute approximate surface area is 144 Å². The molecule has 0 aliphatic heterocycles. The Hall–Kier alpha value is -1.77. The second-order valence-electron chi connectivity index (χ2n) is 5.93. The zero-order valence-corrected chi connectivity index (χ0v) is 13.9. The van der Waals surface area contributed by atoms with Crippen LogP contribution in [0.1, 0.15) is 40.1 Å². The van der Waals surface area contributed by atoms with Gasteiger partial charge in [0.05, 0.1) is 5.02 Å². The van der Waals surface area contributed by atoms with E-state index in [1.807, 2.05) is 0 Å². The van der Waals surface area contributed by atoms with Crippen LogP contribution in [0.15, 0.2) is 40.8 Å². The highest BCUT2D eigenvalue weighted by Crippen LogP contribution is 2.30. The quantitative estimate of drug-likeness (QED) is 0.546. The third-order valence-electron chi connectivity index (χ3n) is 4.38. The average molecular weight is 345 g/mol. The summed E-state index contributed by atoms with van der Waals surface area (Å²) in [5.41, 5.74) is 3.87. The average Bonchev–Trinajstić information content (AvgIpc) is 2.94. The minimum absolute atomic E-state index is 0.221. The van der Waals surface area contributed by atoms with E-state index in [1.54, 1.807) is 24.3 Å². The molecule has 0 fully saturated rings. The SMILES string of the molecule is O=C(c1cc2cc3c(cc2o1)CCCC3)c1ccc(Cl)cc1Cl. The van der Waals surface area contributed by atoms with Gasteiger partial charge in [0, 0.05) is 16.0 Å². The molecule has 2 nitrogen and oxygen atoms in total. The summed E-state index contributed by atoms with van der Waals surface area (Å²) in [5, 5.41) is 1.81. The van der Waals surface area contributed by atoms with Crippen molar-refractivity contribution in [2.24, 2.45) is 0 Å². The predicted octanol–water partition coefficient (Wildman–Crippen LogP) is 5.85. The first kappa shape index (κ1) is 14.8. The summed E-state index contributed by atoms with van der Waals surface area (Å²) in [6, 6.07) is 10.9. The summed E-state index contributed by atoms with van der Waals surface area (Å²) in [5.74, 6) is 0.0902. The van der Waals surface area contributed by atoms with E-state index in [0.717, 1.165) is 23.8 Å². The van der Waals surface area contributed by atoms with Crippen LogP contribution in [0, 0.1) is 0 Å². The summed E-state index contributed by atoms with van der Waals surface area (Å²) in [6.07, 6.45) is 4.62. The molecule has 2 aromatic carbocycles. The van der Waals surface area contributed by atoms with Gasteiger partial charge in [-0.05, 0) is 73.2 Å².